The van der Waals surface area contributed by atoms with Crippen LogP contribution in [0.5, 0.6) is 0 Å². The zero-order valence-electron chi connectivity index (χ0n) is 9.68. The second-order valence-electron chi connectivity index (χ2n) is 4.07. The fourth-order valence-electron chi connectivity index (χ4n) is 1.92. The minimum Gasteiger partial charge on any atom is -0.481 e. The van der Waals surface area contributed by atoms with Crippen molar-refractivity contribution in [2.45, 2.75) is 6.42 Å². The number of hydrogen-bond acceptors (Lipinski definition) is 3. The average Bonchev–Trinajstić information content (AvgIpc) is 2.20. The number of methoxy groups -OCH3 is 1. The summed E-state index contributed by atoms with van der Waals surface area (Å²) in [5.41, 5.74) is 0. The lowest BCUT2D eigenvalue weighted by Gasteiger charge is -2.37. The lowest BCUT2D eigenvalue weighted by atomic mass is 10.0. The summed E-state index contributed by atoms with van der Waals surface area (Å²) in [5, 5.41) is 8.73. The van der Waals surface area contributed by atoms with E-state index in [-0.39, 0.29) is 18.4 Å². The number of aliphatic carboxylic acids is 1. The summed E-state index contributed by atoms with van der Waals surface area (Å²) in [6, 6.07) is -0.0568. The standard InChI is InChI=1S/C10H18N2O4/c1-11-6-8(5-9(13)14)7-12(10(11)15)3-4-16-2/h8H,3-7H2,1-2H3,(H,13,14). The van der Waals surface area contributed by atoms with Gasteiger partial charge >= 0.3 is 12.0 Å². The first-order valence-corrected chi connectivity index (χ1v) is 5.25. The average molecular weight is 230 g/mol. The molecule has 2 amide bonds. The Bertz CT molecular complexity index is 270. The van der Waals surface area contributed by atoms with Crippen LogP contribution in [0.3, 0.4) is 0 Å². The van der Waals surface area contributed by atoms with Gasteiger partial charge in [-0.25, -0.2) is 4.79 Å². The Labute approximate surface area is 94.8 Å². The van der Waals surface area contributed by atoms with Gasteiger partial charge in [0.15, 0.2) is 0 Å². The lowest BCUT2D eigenvalue weighted by molar-refractivity contribution is -0.138. The van der Waals surface area contributed by atoms with Gasteiger partial charge < -0.3 is 19.6 Å². The molecule has 0 radical (unpaired) electrons. The number of hydrogen-bond donors (Lipinski definition) is 1. The van der Waals surface area contributed by atoms with E-state index in [1.165, 1.54) is 0 Å². The van der Waals surface area contributed by atoms with Crippen molar-refractivity contribution in [1.82, 2.24) is 9.80 Å². The molecule has 6 nitrogen and oxygen atoms in total. The molecule has 0 saturated carbocycles. The zero-order valence-corrected chi connectivity index (χ0v) is 9.68. The number of rotatable bonds is 5. The van der Waals surface area contributed by atoms with Gasteiger partial charge in [0.2, 0.25) is 0 Å². The number of nitrogens with zero attached hydrogens (tertiary/aromatic N) is 2. The Morgan fingerprint density at radius 1 is 1.56 bits per heavy atom. The van der Waals surface area contributed by atoms with Crippen LogP contribution in [0, 0.1) is 5.92 Å². The molecule has 1 saturated heterocycles. The highest BCUT2D eigenvalue weighted by atomic mass is 16.5. The largest absolute Gasteiger partial charge is 0.481 e. The Morgan fingerprint density at radius 3 is 2.81 bits per heavy atom. The number of carboxylic acid groups (broad SMARTS) is 1. The van der Waals surface area contributed by atoms with Crippen molar-refractivity contribution in [2.24, 2.45) is 5.92 Å². The number of amides is 2. The predicted molar refractivity (Wildman–Crippen MR) is 57.2 cm³/mol. The summed E-state index contributed by atoms with van der Waals surface area (Å²) < 4.78 is 4.92. The fourth-order valence-corrected chi connectivity index (χ4v) is 1.92. The zero-order chi connectivity index (χ0) is 12.1. The maximum atomic E-state index is 11.7. The Hall–Kier alpha value is -1.30. The molecule has 16 heavy (non-hydrogen) atoms. The number of carboxylic acids is 1. The molecular weight excluding hydrogens is 212 g/mol. The highest BCUT2D eigenvalue weighted by Crippen LogP contribution is 2.15. The van der Waals surface area contributed by atoms with Gasteiger partial charge in [0.1, 0.15) is 0 Å². The Balaban J connectivity index is 2.54. The SMILES string of the molecule is COCCN1CC(CC(=O)O)CN(C)C1=O. The molecule has 0 spiro atoms. The van der Waals surface area contributed by atoms with Crippen molar-refractivity contribution in [2.75, 3.05) is 40.4 Å². The number of carbonyl (C=O) groups excluding carboxylic acids is 1. The first-order chi connectivity index (χ1) is 7.54. The van der Waals surface area contributed by atoms with Gasteiger partial charge in [-0.15, -0.1) is 0 Å². The van der Waals surface area contributed by atoms with Crippen LogP contribution in [-0.4, -0.2) is 67.3 Å². The van der Waals surface area contributed by atoms with Gasteiger partial charge in [-0.3, -0.25) is 4.79 Å². The van der Waals surface area contributed by atoms with Gasteiger partial charge in [-0.1, -0.05) is 0 Å². The number of ether oxygens (including phenoxy) is 1. The minimum absolute atomic E-state index is 0.00273. The normalized spacial score (nSPS) is 21.4. The fraction of sp³-hybridized carbons (Fsp3) is 0.800. The molecule has 92 valence electrons. The molecule has 1 N–H and O–H groups in total. The Morgan fingerprint density at radius 2 is 2.25 bits per heavy atom. The minimum atomic E-state index is -0.820. The van der Waals surface area contributed by atoms with E-state index in [9.17, 15) is 9.59 Å². The van der Waals surface area contributed by atoms with Gasteiger partial charge in [0.25, 0.3) is 0 Å². The summed E-state index contributed by atoms with van der Waals surface area (Å²) in [6.07, 6.45) is 0.0983. The van der Waals surface area contributed by atoms with Crippen molar-refractivity contribution in [3.63, 3.8) is 0 Å². The van der Waals surface area contributed by atoms with Crippen LogP contribution < -0.4 is 0 Å². The lowest BCUT2D eigenvalue weighted by Crippen LogP contribution is -2.52. The van der Waals surface area contributed by atoms with Crippen LogP contribution in [-0.2, 0) is 9.53 Å². The van der Waals surface area contributed by atoms with Crippen LogP contribution in [0.1, 0.15) is 6.42 Å². The van der Waals surface area contributed by atoms with Crippen molar-refractivity contribution in [3.8, 4) is 0 Å². The maximum absolute atomic E-state index is 11.7. The third kappa shape index (κ3) is 3.37. The van der Waals surface area contributed by atoms with E-state index in [0.29, 0.717) is 26.2 Å². The number of urea groups is 1. The molecule has 1 atom stereocenters. The molecule has 1 rings (SSSR count). The maximum Gasteiger partial charge on any atom is 0.319 e. The van der Waals surface area contributed by atoms with E-state index in [1.54, 1.807) is 24.0 Å². The second-order valence-corrected chi connectivity index (χ2v) is 4.07. The molecular formula is C10H18N2O4. The van der Waals surface area contributed by atoms with Crippen molar-refractivity contribution in [3.05, 3.63) is 0 Å². The topological polar surface area (TPSA) is 70.1 Å². The third-order valence-corrected chi connectivity index (χ3v) is 2.64. The van der Waals surface area contributed by atoms with E-state index >= 15 is 0 Å². The molecule has 1 aliphatic heterocycles. The highest BCUT2D eigenvalue weighted by molar-refractivity contribution is 5.75. The molecule has 1 unspecified atom stereocenters. The summed E-state index contributed by atoms with van der Waals surface area (Å²) in [4.78, 5) is 25.5. The quantitative estimate of drug-likeness (QED) is 0.726. The molecule has 1 fully saturated rings. The number of carbonyl (C=O) groups is 2. The predicted octanol–water partition coefficient (Wildman–Crippen LogP) is 0.0911. The third-order valence-electron chi connectivity index (χ3n) is 2.64. The molecule has 1 heterocycles. The van der Waals surface area contributed by atoms with Crippen molar-refractivity contribution in [1.29, 1.82) is 0 Å². The van der Waals surface area contributed by atoms with Gasteiger partial charge in [0.05, 0.1) is 13.0 Å². The van der Waals surface area contributed by atoms with E-state index in [1.807, 2.05) is 0 Å². The van der Waals surface area contributed by atoms with Crippen LogP contribution >= 0.6 is 0 Å². The molecule has 0 bridgehead atoms. The molecule has 6 heteroatoms. The smallest absolute Gasteiger partial charge is 0.319 e. The van der Waals surface area contributed by atoms with E-state index in [4.69, 9.17) is 9.84 Å². The first-order valence-electron chi connectivity index (χ1n) is 5.25. The van der Waals surface area contributed by atoms with Crippen molar-refractivity contribution >= 4 is 12.0 Å². The summed E-state index contributed by atoms with van der Waals surface area (Å²) in [7, 11) is 3.27. The monoisotopic (exact) mass is 230 g/mol. The van der Waals surface area contributed by atoms with E-state index in [2.05, 4.69) is 0 Å². The van der Waals surface area contributed by atoms with E-state index in [0.717, 1.165) is 0 Å². The van der Waals surface area contributed by atoms with Crippen LogP contribution in [0.15, 0.2) is 0 Å². The molecule has 0 aromatic rings. The molecule has 0 aliphatic carbocycles. The molecule has 0 aromatic carbocycles. The highest BCUT2D eigenvalue weighted by Gasteiger charge is 2.30. The molecule has 0 aromatic heterocycles. The van der Waals surface area contributed by atoms with Gasteiger partial charge in [-0.2, -0.15) is 0 Å². The second kappa shape index (κ2) is 5.69. The van der Waals surface area contributed by atoms with Crippen LogP contribution in [0.25, 0.3) is 0 Å². The summed E-state index contributed by atoms with van der Waals surface area (Å²) >= 11 is 0. The summed E-state index contributed by atoms with van der Waals surface area (Å²) in [5.74, 6) is -0.823. The van der Waals surface area contributed by atoms with Crippen molar-refractivity contribution < 1.29 is 19.4 Å². The van der Waals surface area contributed by atoms with Gasteiger partial charge in [0, 0.05) is 39.7 Å². The van der Waals surface area contributed by atoms with E-state index < -0.39 is 5.97 Å². The van der Waals surface area contributed by atoms with Gasteiger partial charge in [-0.05, 0) is 0 Å². The summed E-state index contributed by atoms with van der Waals surface area (Å²) in [6.45, 7) is 1.99. The molecule has 1 aliphatic rings. The van der Waals surface area contributed by atoms with Crippen LogP contribution in [0.2, 0.25) is 0 Å². The Kier molecular flexibility index (Phi) is 4.54. The van der Waals surface area contributed by atoms with Crippen LogP contribution in [0.4, 0.5) is 4.79 Å². The first kappa shape index (κ1) is 12.8.